The Labute approximate surface area is 165 Å². The Morgan fingerprint density at radius 3 is 2.46 bits per heavy atom. The van der Waals surface area contributed by atoms with Gasteiger partial charge in [0, 0.05) is 5.56 Å². The van der Waals surface area contributed by atoms with Gasteiger partial charge in [0.05, 0.1) is 11.3 Å². The van der Waals surface area contributed by atoms with Crippen LogP contribution in [0.1, 0.15) is 73.5 Å². The van der Waals surface area contributed by atoms with Gasteiger partial charge in [0.2, 0.25) is 6.79 Å². The minimum atomic E-state index is -0.443. The van der Waals surface area contributed by atoms with E-state index in [0.717, 1.165) is 16.7 Å². The third-order valence-electron chi connectivity index (χ3n) is 4.81. The molecular weight excluding hydrogens is 356 g/mol. The number of nitrogens with zero attached hydrogens (tertiary/aromatic N) is 1. The van der Waals surface area contributed by atoms with Crippen molar-refractivity contribution in [1.29, 1.82) is 0 Å². The third-order valence-corrected chi connectivity index (χ3v) is 4.81. The summed E-state index contributed by atoms with van der Waals surface area (Å²) in [6.45, 7) is 10.1. The first-order valence-corrected chi connectivity index (χ1v) is 9.39. The zero-order valence-electron chi connectivity index (χ0n) is 16.9. The molecule has 1 aliphatic heterocycles. The minimum Gasteiger partial charge on any atom is -0.507 e. The summed E-state index contributed by atoms with van der Waals surface area (Å²) in [5.41, 5.74) is 5.98. The van der Waals surface area contributed by atoms with E-state index in [1.807, 2.05) is 38.1 Å². The van der Waals surface area contributed by atoms with Crippen molar-refractivity contribution in [2.75, 3.05) is 6.79 Å². The first-order valence-electron chi connectivity index (χ1n) is 9.39. The Hall–Kier alpha value is -3.02. The maximum atomic E-state index is 12.7. The molecule has 0 aliphatic carbocycles. The van der Waals surface area contributed by atoms with E-state index < -0.39 is 5.91 Å². The van der Waals surface area contributed by atoms with Gasteiger partial charge in [-0.25, -0.2) is 5.43 Å². The normalized spacial score (nSPS) is 13.3. The molecule has 0 bridgehead atoms. The lowest BCUT2D eigenvalue weighted by Crippen LogP contribution is -2.20. The highest BCUT2D eigenvalue weighted by atomic mass is 16.7. The van der Waals surface area contributed by atoms with Crippen molar-refractivity contribution >= 4 is 11.6 Å². The van der Waals surface area contributed by atoms with E-state index in [1.165, 1.54) is 0 Å². The van der Waals surface area contributed by atoms with Gasteiger partial charge in [-0.2, -0.15) is 5.10 Å². The van der Waals surface area contributed by atoms with Gasteiger partial charge in [0.15, 0.2) is 11.5 Å². The SMILES string of the molecule is C/C(=N\NC(=O)c1cc(C(C)C)cc(C(C)C)c1O)c1ccc2c(c1)OCO2. The summed E-state index contributed by atoms with van der Waals surface area (Å²) >= 11 is 0. The lowest BCUT2D eigenvalue weighted by molar-refractivity contribution is 0.0952. The van der Waals surface area contributed by atoms with Crippen molar-refractivity contribution in [1.82, 2.24) is 5.43 Å². The fourth-order valence-corrected chi connectivity index (χ4v) is 3.01. The molecule has 2 N–H and O–H groups in total. The fourth-order valence-electron chi connectivity index (χ4n) is 3.01. The number of rotatable bonds is 5. The van der Waals surface area contributed by atoms with Crippen LogP contribution in [0.5, 0.6) is 17.2 Å². The molecule has 1 amide bonds. The molecule has 2 aromatic rings. The molecule has 0 radical (unpaired) electrons. The summed E-state index contributed by atoms with van der Waals surface area (Å²) < 4.78 is 10.7. The predicted octanol–water partition coefficient (Wildman–Crippen LogP) is 4.52. The van der Waals surface area contributed by atoms with Crippen molar-refractivity contribution < 1.29 is 19.4 Å². The van der Waals surface area contributed by atoms with E-state index in [4.69, 9.17) is 9.47 Å². The standard InChI is InChI=1S/C22H26N2O4/c1-12(2)16-8-17(13(3)4)21(25)18(9-16)22(26)24-23-14(5)15-6-7-19-20(10-15)28-11-27-19/h6-10,12-13,25H,11H2,1-5H3,(H,24,26)/b23-14+. The number of carbonyl (C=O) groups is 1. The van der Waals surface area contributed by atoms with E-state index in [0.29, 0.717) is 17.2 Å². The van der Waals surface area contributed by atoms with E-state index in [-0.39, 0.29) is 29.9 Å². The van der Waals surface area contributed by atoms with Crippen LogP contribution in [0.4, 0.5) is 0 Å². The topological polar surface area (TPSA) is 80.2 Å². The van der Waals surface area contributed by atoms with Gasteiger partial charge in [0.1, 0.15) is 5.75 Å². The molecule has 3 rings (SSSR count). The predicted molar refractivity (Wildman–Crippen MR) is 109 cm³/mol. The number of hydrazone groups is 1. The highest BCUT2D eigenvalue weighted by Crippen LogP contribution is 2.34. The number of amides is 1. The zero-order valence-corrected chi connectivity index (χ0v) is 16.9. The van der Waals surface area contributed by atoms with Crippen LogP contribution in [0.25, 0.3) is 0 Å². The van der Waals surface area contributed by atoms with Crippen LogP contribution < -0.4 is 14.9 Å². The second kappa shape index (κ2) is 7.92. The largest absolute Gasteiger partial charge is 0.507 e. The molecule has 0 aromatic heterocycles. The van der Waals surface area contributed by atoms with Gasteiger partial charge in [-0.05, 0) is 54.2 Å². The summed E-state index contributed by atoms with van der Waals surface area (Å²) in [5, 5.41) is 14.8. The molecule has 2 aromatic carbocycles. The van der Waals surface area contributed by atoms with Gasteiger partial charge in [0.25, 0.3) is 5.91 Å². The molecule has 0 fully saturated rings. The number of carbonyl (C=O) groups excluding carboxylic acids is 1. The molecule has 1 heterocycles. The Kier molecular flexibility index (Phi) is 5.58. The van der Waals surface area contributed by atoms with Crippen LogP contribution in [-0.2, 0) is 0 Å². The number of phenols is 1. The van der Waals surface area contributed by atoms with Crippen LogP contribution in [0.2, 0.25) is 0 Å². The highest BCUT2D eigenvalue weighted by Gasteiger charge is 2.19. The molecule has 6 nitrogen and oxygen atoms in total. The zero-order chi connectivity index (χ0) is 20.4. The number of benzene rings is 2. The second-order valence-corrected chi connectivity index (χ2v) is 7.52. The average Bonchev–Trinajstić information content (AvgIpc) is 3.13. The Morgan fingerprint density at radius 1 is 1.07 bits per heavy atom. The Balaban J connectivity index is 1.85. The summed E-state index contributed by atoms with van der Waals surface area (Å²) in [6, 6.07) is 9.17. The van der Waals surface area contributed by atoms with Crippen molar-refractivity contribution in [2.45, 2.75) is 46.5 Å². The maximum Gasteiger partial charge on any atom is 0.275 e. The molecule has 28 heavy (non-hydrogen) atoms. The minimum absolute atomic E-state index is 0.00725. The van der Waals surface area contributed by atoms with Crippen molar-refractivity contribution in [3.05, 3.63) is 52.6 Å². The molecule has 0 atom stereocenters. The number of hydrogen-bond acceptors (Lipinski definition) is 5. The van der Waals surface area contributed by atoms with Crippen LogP contribution >= 0.6 is 0 Å². The first-order chi connectivity index (χ1) is 13.3. The number of hydrogen-bond donors (Lipinski definition) is 2. The van der Waals surface area contributed by atoms with Crippen molar-refractivity contribution in [3.63, 3.8) is 0 Å². The number of fused-ring (bicyclic) bond motifs is 1. The summed E-state index contributed by atoms with van der Waals surface area (Å²) in [4.78, 5) is 12.7. The van der Waals surface area contributed by atoms with Crippen molar-refractivity contribution in [2.24, 2.45) is 5.10 Å². The number of ether oxygens (including phenoxy) is 2. The average molecular weight is 382 g/mol. The number of aromatic hydroxyl groups is 1. The fraction of sp³-hybridized carbons (Fsp3) is 0.364. The van der Waals surface area contributed by atoms with Crippen LogP contribution in [-0.4, -0.2) is 23.5 Å². The molecule has 148 valence electrons. The lowest BCUT2D eigenvalue weighted by Gasteiger charge is -2.16. The highest BCUT2D eigenvalue weighted by molar-refractivity contribution is 6.02. The Morgan fingerprint density at radius 2 is 1.79 bits per heavy atom. The third kappa shape index (κ3) is 3.96. The van der Waals surface area contributed by atoms with E-state index >= 15 is 0 Å². The summed E-state index contributed by atoms with van der Waals surface area (Å²) in [5.74, 6) is 1.25. The van der Waals surface area contributed by atoms with Gasteiger partial charge >= 0.3 is 0 Å². The van der Waals surface area contributed by atoms with E-state index in [9.17, 15) is 9.90 Å². The number of phenolic OH excluding ortho intramolecular Hbond substituents is 1. The summed E-state index contributed by atoms with van der Waals surface area (Å²) in [7, 11) is 0. The van der Waals surface area contributed by atoms with Crippen molar-refractivity contribution in [3.8, 4) is 17.2 Å². The molecule has 6 heteroatoms. The molecule has 0 saturated heterocycles. The quantitative estimate of drug-likeness (QED) is 0.588. The molecule has 0 unspecified atom stereocenters. The lowest BCUT2D eigenvalue weighted by atomic mass is 9.92. The van der Waals surface area contributed by atoms with E-state index in [2.05, 4.69) is 24.4 Å². The van der Waals surface area contributed by atoms with Gasteiger partial charge in [-0.3, -0.25) is 4.79 Å². The van der Waals surface area contributed by atoms with Crippen LogP contribution in [0.3, 0.4) is 0 Å². The second-order valence-electron chi connectivity index (χ2n) is 7.52. The summed E-state index contributed by atoms with van der Waals surface area (Å²) in [6.07, 6.45) is 0. The first kappa shape index (κ1) is 19.7. The van der Waals surface area contributed by atoms with Crippen LogP contribution in [0, 0.1) is 0 Å². The maximum absolute atomic E-state index is 12.7. The number of nitrogens with one attached hydrogen (secondary N) is 1. The molecule has 1 aliphatic rings. The van der Waals surface area contributed by atoms with Gasteiger partial charge < -0.3 is 14.6 Å². The van der Waals surface area contributed by atoms with Gasteiger partial charge in [-0.15, -0.1) is 0 Å². The molecular formula is C22H26N2O4. The van der Waals surface area contributed by atoms with E-state index in [1.54, 1.807) is 13.0 Å². The monoisotopic (exact) mass is 382 g/mol. The molecule has 0 saturated carbocycles. The van der Waals surface area contributed by atoms with Gasteiger partial charge in [-0.1, -0.05) is 33.8 Å². The molecule has 0 spiro atoms. The van der Waals surface area contributed by atoms with Crippen LogP contribution in [0.15, 0.2) is 35.4 Å². The Bertz CT molecular complexity index is 932. The smallest absolute Gasteiger partial charge is 0.275 e.